The summed E-state index contributed by atoms with van der Waals surface area (Å²) in [5.74, 6) is 2.77. The summed E-state index contributed by atoms with van der Waals surface area (Å²) in [6, 6.07) is 7.92. The predicted molar refractivity (Wildman–Crippen MR) is 85.7 cm³/mol. The van der Waals surface area contributed by atoms with Crippen molar-refractivity contribution in [2.75, 3.05) is 13.1 Å². The number of rotatable bonds is 3. The highest BCUT2D eigenvalue weighted by molar-refractivity contribution is 9.10. The maximum absolute atomic E-state index is 5.80. The van der Waals surface area contributed by atoms with E-state index in [9.17, 15) is 0 Å². The largest absolute Gasteiger partial charge is 0.419 e. The third kappa shape index (κ3) is 3.71. The molecule has 0 spiro atoms. The smallest absolute Gasteiger partial charge is 0.247 e. The number of nitrogens with zero attached hydrogens (tertiary/aromatic N) is 3. The van der Waals surface area contributed by atoms with Crippen molar-refractivity contribution in [1.82, 2.24) is 15.1 Å². The molecule has 21 heavy (non-hydrogen) atoms. The van der Waals surface area contributed by atoms with Crippen LogP contribution < -0.4 is 0 Å². The van der Waals surface area contributed by atoms with E-state index in [0.717, 1.165) is 41.5 Å². The average molecular weight is 350 g/mol. The van der Waals surface area contributed by atoms with E-state index in [0.29, 0.717) is 11.8 Å². The highest BCUT2D eigenvalue weighted by Crippen LogP contribution is 2.24. The van der Waals surface area contributed by atoms with Crippen LogP contribution in [-0.4, -0.2) is 28.2 Å². The van der Waals surface area contributed by atoms with Crippen LogP contribution >= 0.6 is 15.9 Å². The molecule has 1 aliphatic rings. The standard InChI is InChI=1S/C16H20BrN3O/c1-11-7-12(2)9-20(8-11)10-15-18-19-16(21-15)13-3-5-14(17)6-4-13/h3-6,11-12H,7-10H2,1-2H3. The van der Waals surface area contributed by atoms with Gasteiger partial charge in [0.15, 0.2) is 0 Å². The average Bonchev–Trinajstić information content (AvgIpc) is 2.87. The zero-order chi connectivity index (χ0) is 14.8. The predicted octanol–water partition coefficient (Wildman–Crippen LogP) is 3.98. The van der Waals surface area contributed by atoms with Gasteiger partial charge < -0.3 is 4.42 Å². The lowest BCUT2D eigenvalue weighted by Gasteiger charge is -2.33. The summed E-state index contributed by atoms with van der Waals surface area (Å²) in [5.41, 5.74) is 0.956. The molecule has 2 unspecified atom stereocenters. The number of likely N-dealkylation sites (tertiary alicyclic amines) is 1. The highest BCUT2D eigenvalue weighted by Gasteiger charge is 2.23. The van der Waals surface area contributed by atoms with Crippen molar-refractivity contribution in [3.8, 4) is 11.5 Å². The summed E-state index contributed by atoms with van der Waals surface area (Å²) >= 11 is 3.43. The number of halogens is 1. The van der Waals surface area contributed by atoms with Crippen molar-refractivity contribution in [1.29, 1.82) is 0 Å². The lowest BCUT2D eigenvalue weighted by molar-refractivity contribution is 0.124. The van der Waals surface area contributed by atoms with E-state index in [1.165, 1.54) is 6.42 Å². The van der Waals surface area contributed by atoms with Gasteiger partial charge in [-0.2, -0.15) is 0 Å². The Morgan fingerprint density at radius 2 is 1.81 bits per heavy atom. The third-order valence-corrected chi connectivity index (χ3v) is 4.39. The number of aromatic nitrogens is 2. The van der Waals surface area contributed by atoms with Gasteiger partial charge in [0.2, 0.25) is 11.8 Å². The van der Waals surface area contributed by atoms with Crippen molar-refractivity contribution in [3.63, 3.8) is 0 Å². The summed E-state index contributed by atoms with van der Waals surface area (Å²) in [6.07, 6.45) is 1.31. The number of hydrogen-bond donors (Lipinski definition) is 0. The van der Waals surface area contributed by atoms with Gasteiger partial charge in [0, 0.05) is 23.1 Å². The van der Waals surface area contributed by atoms with Crippen molar-refractivity contribution < 1.29 is 4.42 Å². The molecule has 0 aliphatic carbocycles. The Kier molecular flexibility index (Phi) is 4.40. The molecule has 2 heterocycles. The quantitative estimate of drug-likeness (QED) is 0.840. The van der Waals surface area contributed by atoms with Gasteiger partial charge in [-0.3, -0.25) is 4.90 Å². The van der Waals surface area contributed by atoms with Crippen LogP contribution in [0.15, 0.2) is 33.2 Å². The number of piperidine rings is 1. The molecule has 2 atom stereocenters. The number of hydrogen-bond acceptors (Lipinski definition) is 4. The second-order valence-electron chi connectivity index (χ2n) is 6.15. The highest BCUT2D eigenvalue weighted by atomic mass is 79.9. The van der Waals surface area contributed by atoms with Crippen LogP contribution in [0.4, 0.5) is 0 Å². The Labute approximate surface area is 133 Å². The molecule has 1 saturated heterocycles. The van der Waals surface area contributed by atoms with Crippen LogP contribution in [0.2, 0.25) is 0 Å². The Bertz CT molecular complexity index is 586. The second-order valence-corrected chi connectivity index (χ2v) is 7.06. The zero-order valence-corrected chi connectivity index (χ0v) is 14.0. The van der Waals surface area contributed by atoms with Crippen LogP contribution in [0.5, 0.6) is 0 Å². The molecule has 1 aliphatic heterocycles. The summed E-state index contributed by atoms with van der Waals surface area (Å²) in [6.45, 7) is 7.59. The first-order chi connectivity index (χ1) is 10.1. The molecule has 0 amide bonds. The monoisotopic (exact) mass is 349 g/mol. The van der Waals surface area contributed by atoms with Crippen molar-refractivity contribution in [2.45, 2.75) is 26.8 Å². The maximum atomic E-state index is 5.80. The van der Waals surface area contributed by atoms with E-state index in [-0.39, 0.29) is 0 Å². The van der Waals surface area contributed by atoms with Gasteiger partial charge in [0.05, 0.1) is 6.54 Å². The van der Waals surface area contributed by atoms with Crippen LogP contribution in [0, 0.1) is 11.8 Å². The molecule has 1 aromatic heterocycles. The van der Waals surface area contributed by atoms with Gasteiger partial charge in [-0.25, -0.2) is 0 Å². The van der Waals surface area contributed by atoms with Crippen LogP contribution in [0.1, 0.15) is 26.2 Å². The lowest BCUT2D eigenvalue weighted by Crippen LogP contribution is -2.38. The van der Waals surface area contributed by atoms with E-state index >= 15 is 0 Å². The van der Waals surface area contributed by atoms with Crippen molar-refractivity contribution in [3.05, 3.63) is 34.6 Å². The molecule has 1 fully saturated rings. The molecule has 0 bridgehead atoms. The fraction of sp³-hybridized carbons (Fsp3) is 0.500. The molecule has 112 valence electrons. The Morgan fingerprint density at radius 1 is 1.14 bits per heavy atom. The summed E-state index contributed by atoms with van der Waals surface area (Å²) < 4.78 is 6.85. The van der Waals surface area contributed by atoms with Crippen LogP contribution in [0.25, 0.3) is 11.5 Å². The van der Waals surface area contributed by atoms with E-state index in [2.05, 4.69) is 44.9 Å². The molecule has 0 N–H and O–H groups in total. The minimum absolute atomic E-state index is 0.593. The molecular weight excluding hydrogens is 330 g/mol. The molecule has 3 rings (SSSR count). The van der Waals surface area contributed by atoms with Gasteiger partial charge in [0.1, 0.15) is 0 Å². The molecule has 0 saturated carbocycles. The normalized spacial score (nSPS) is 23.4. The summed E-state index contributed by atoms with van der Waals surface area (Å²) in [7, 11) is 0. The Balaban J connectivity index is 1.69. The molecule has 2 aromatic rings. The van der Waals surface area contributed by atoms with Gasteiger partial charge in [-0.15, -0.1) is 10.2 Å². The molecular formula is C16H20BrN3O. The topological polar surface area (TPSA) is 42.2 Å². The first kappa shape index (κ1) is 14.7. The SMILES string of the molecule is CC1CC(C)CN(Cc2nnc(-c3ccc(Br)cc3)o2)C1. The molecule has 1 aromatic carbocycles. The fourth-order valence-corrected chi connectivity index (χ4v) is 3.40. The summed E-state index contributed by atoms with van der Waals surface area (Å²) in [5, 5.41) is 8.35. The van der Waals surface area contributed by atoms with Crippen molar-refractivity contribution >= 4 is 15.9 Å². The Morgan fingerprint density at radius 3 is 2.48 bits per heavy atom. The first-order valence-corrected chi connectivity index (χ1v) is 8.20. The number of benzene rings is 1. The second kappa shape index (κ2) is 6.28. The molecule has 5 heteroatoms. The fourth-order valence-electron chi connectivity index (χ4n) is 3.14. The van der Waals surface area contributed by atoms with Gasteiger partial charge in [-0.05, 0) is 42.5 Å². The van der Waals surface area contributed by atoms with E-state index in [1.54, 1.807) is 0 Å². The van der Waals surface area contributed by atoms with Crippen LogP contribution in [0.3, 0.4) is 0 Å². The van der Waals surface area contributed by atoms with Gasteiger partial charge in [0.25, 0.3) is 0 Å². The third-order valence-electron chi connectivity index (χ3n) is 3.86. The maximum Gasteiger partial charge on any atom is 0.247 e. The van der Waals surface area contributed by atoms with Gasteiger partial charge >= 0.3 is 0 Å². The first-order valence-electron chi connectivity index (χ1n) is 7.41. The zero-order valence-electron chi connectivity index (χ0n) is 12.4. The minimum atomic E-state index is 0.593. The van der Waals surface area contributed by atoms with E-state index in [4.69, 9.17) is 4.42 Å². The summed E-state index contributed by atoms with van der Waals surface area (Å²) in [4.78, 5) is 2.41. The Hall–Kier alpha value is -1.20. The molecule has 4 nitrogen and oxygen atoms in total. The van der Waals surface area contributed by atoms with Crippen LogP contribution in [-0.2, 0) is 6.54 Å². The molecule has 0 radical (unpaired) electrons. The minimum Gasteiger partial charge on any atom is -0.419 e. The van der Waals surface area contributed by atoms with Crippen molar-refractivity contribution in [2.24, 2.45) is 11.8 Å². The van der Waals surface area contributed by atoms with Gasteiger partial charge in [-0.1, -0.05) is 29.8 Å². The van der Waals surface area contributed by atoms with E-state index < -0.39 is 0 Å². The van der Waals surface area contributed by atoms with E-state index in [1.807, 2.05) is 24.3 Å². The lowest BCUT2D eigenvalue weighted by atomic mass is 9.92.